The number of hydrogen-bond donors (Lipinski definition) is 2. The molecule has 2 heterocycles. The van der Waals surface area contributed by atoms with Crippen LogP contribution in [0.4, 0.5) is 5.82 Å². The van der Waals surface area contributed by atoms with Crippen LogP contribution in [0, 0.1) is 5.41 Å². The second-order valence-corrected chi connectivity index (χ2v) is 5.66. The van der Waals surface area contributed by atoms with E-state index in [9.17, 15) is 0 Å². The monoisotopic (exact) mass is 235 g/mol. The highest BCUT2D eigenvalue weighted by molar-refractivity contribution is 7.17. The molecule has 4 heteroatoms. The van der Waals surface area contributed by atoms with Gasteiger partial charge >= 0.3 is 0 Å². The minimum absolute atomic E-state index is 0.0971. The van der Waals surface area contributed by atoms with Crippen molar-refractivity contribution >= 4 is 27.2 Å². The van der Waals surface area contributed by atoms with Crippen LogP contribution in [0.5, 0.6) is 0 Å². The zero-order valence-electron chi connectivity index (χ0n) is 9.66. The zero-order chi connectivity index (χ0) is 11.6. The quantitative estimate of drug-likeness (QED) is 0.856. The summed E-state index contributed by atoms with van der Waals surface area (Å²) in [6, 6.07) is 4.14. The number of rotatable bonds is 4. The Morgan fingerprint density at radius 3 is 3.00 bits per heavy atom. The second-order valence-electron chi connectivity index (χ2n) is 4.71. The Kier molecular flexibility index (Phi) is 3.12. The fourth-order valence-electron chi connectivity index (χ4n) is 1.43. The lowest BCUT2D eigenvalue weighted by atomic mass is 9.94. The van der Waals surface area contributed by atoms with Crippen LogP contribution < -0.4 is 11.1 Å². The number of hydrogen-bond acceptors (Lipinski definition) is 4. The van der Waals surface area contributed by atoms with Crippen LogP contribution in [0.1, 0.15) is 13.8 Å². The summed E-state index contributed by atoms with van der Waals surface area (Å²) in [7, 11) is 0. The van der Waals surface area contributed by atoms with E-state index in [1.165, 1.54) is 10.1 Å². The highest BCUT2D eigenvalue weighted by Crippen LogP contribution is 2.26. The van der Waals surface area contributed by atoms with Crippen molar-refractivity contribution < 1.29 is 0 Å². The lowest BCUT2D eigenvalue weighted by Gasteiger charge is -2.23. The lowest BCUT2D eigenvalue weighted by molar-refractivity contribution is 0.405. The first-order chi connectivity index (χ1) is 7.62. The largest absolute Gasteiger partial charge is 0.369 e. The number of anilines is 1. The summed E-state index contributed by atoms with van der Waals surface area (Å²) in [6.07, 6.45) is 1.84. The van der Waals surface area contributed by atoms with Crippen molar-refractivity contribution in [1.29, 1.82) is 0 Å². The highest BCUT2D eigenvalue weighted by atomic mass is 32.1. The van der Waals surface area contributed by atoms with Gasteiger partial charge in [-0.15, -0.1) is 11.3 Å². The molecular formula is C12H17N3S. The SMILES string of the molecule is CC(C)(CN)CNc1nccc2sccc12. The number of fused-ring (bicyclic) bond motifs is 1. The minimum Gasteiger partial charge on any atom is -0.369 e. The zero-order valence-corrected chi connectivity index (χ0v) is 10.5. The molecule has 0 bridgehead atoms. The van der Waals surface area contributed by atoms with Crippen molar-refractivity contribution in [3.05, 3.63) is 23.7 Å². The molecule has 0 aliphatic carbocycles. The molecule has 2 aromatic heterocycles. The molecule has 0 radical (unpaired) electrons. The number of thiophene rings is 1. The number of pyridine rings is 1. The Balaban J connectivity index is 2.18. The van der Waals surface area contributed by atoms with Gasteiger partial charge in [-0.2, -0.15) is 0 Å². The minimum atomic E-state index is 0.0971. The van der Waals surface area contributed by atoms with Gasteiger partial charge in [-0.05, 0) is 29.5 Å². The molecule has 3 nitrogen and oxygen atoms in total. The predicted molar refractivity (Wildman–Crippen MR) is 70.9 cm³/mol. The number of aromatic nitrogens is 1. The van der Waals surface area contributed by atoms with E-state index in [0.29, 0.717) is 6.54 Å². The van der Waals surface area contributed by atoms with Gasteiger partial charge in [0.25, 0.3) is 0 Å². The molecular weight excluding hydrogens is 218 g/mol. The van der Waals surface area contributed by atoms with Gasteiger partial charge < -0.3 is 11.1 Å². The summed E-state index contributed by atoms with van der Waals surface area (Å²) in [5.41, 5.74) is 5.80. The summed E-state index contributed by atoms with van der Waals surface area (Å²) in [5, 5.41) is 6.66. The highest BCUT2D eigenvalue weighted by Gasteiger charge is 2.15. The van der Waals surface area contributed by atoms with E-state index in [0.717, 1.165) is 12.4 Å². The van der Waals surface area contributed by atoms with E-state index < -0.39 is 0 Å². The molecule has 3 N–H and O–H groups in total. The first-order valence-electron chi connectivity index (χ1n) is 5.38. The fraction of sp³-hybridized carbons (Fsp3) is 0.417. The van der Waals surface area contributed by atoms with Crippen LogP contribution in [-0.4, -0.2) is 18.1 Å². The molecule has 0 spiro atoms. The lowest BCUT2D eigenvalue weighted by Crippen LogP contribution is -2.31. The van der Waals surface area contributed by atoms with Gasteiger partial charge in [0.15, 0.2) is 0 Å². The number of nitrogens with two attached hydrogens (primary N) is 1. The van der Waals surface area contributed by atoms with Crippen molar-refractivity contribution in [3.8, 4) is 0 Å². The summed E-state index contributed by atoms with van der Waals surface area (Å²) in [6.45, 7) is 5.80. The number of nitrogens with one attached hydrogen (secondary N) is 1. The van der Waals surface area contributed by atoms with E-state index in [4.69, 9.17) is 5.73 Å². The van der Waals surface area contributed by atoms with Crippen LogP contribution in [0.15, 0.2) is 23.7 Å². The summed E-state index contributed by atoms with van der Waals surface area (Å²) in [5.74, 6) is 0.959. The van der Waals surface area contributed by atoms with Crippen LogP contribution in [0.3, 0.4) is 0 Å². The van der Waals surface area contributed by atoms with E-state index in [2.05, 4.69) is 35.6 Å². The Morgan fingerprint density at radius 2 is 2.25 bits per heavy atom. The smallest absolute Gasteiger partial charge is 0.134 e. The molecule has 0 aliphatic heterocycles. The van der Waals surface area contributed by atoms with E-state index >= 15 is 0 Å². The van der Waals surface area contributed by atoms with Crippen LogP contribution >= 0.6 is 11.3 Å². The van der Waals surface area contributed by atoms with Gasteiger partial charge in [-0.25, -0.2) is 4.98 Å². The first-order valence-corrected chi connectivity index (χ1v) is 6.26. The van der Waals surface area contributed by atoms with Crippen molar-refractivity contribution in [2.24, 2.45) is 11.1 Å². The average Bonchev–Trinajstić information content (AvgIpc) is 2.75. The van der Waals surface area contributed by atoms with Gasteiger partial charge in [-0.3, -0.25) is 0 Å². The second kappa shape index (κ2) is 4.39. The van der Waals surface area contributed by atoms with Gasteiger partial charge in [-0.1, -0.05) is 13.8 Å². The van der Waals surface area contributed by atoms with E-state index in [-0.39, 0.29) is 5.41 Å². The van der Waals surface area contributed by atoms with Gasteiger partial charge in [0.1, 0.15) is 5.82 Å². The topological polar surface area (TPSA) is 50.9 Å². The molecule has 0 fully saturated rings. The van der Waals surface area contributed by atoms with Crippen molar-refractivity contribution in [3.63, 3.8) is 0 Å². The maximum atomic E-state index is 5.70. The third kappa shape index (κ3) is 2.33. The summed E-state index contributed by atoms with van der Waals surface area (Å²) in [4.78, 5) is 4.37. The molecule has 0 atom stereocenters. The van der Waals surface area contributed by atoms with Crippen molar-refractivity contribution in [2.75, 3.05) is 18.4 Å². The molecule has 86 valence electrons. The van der Waals surface area contributed by atoms with Crippen molar-refractivity contribution in [2.45, 2.75) is 13.8 Å². The third-order valence-corrected chi connectivity index (χ3v) is 3.55. The molecule has 0 saturated carbocycles. The molecule has 0 aromatic carbocycles. The molecule has 0 amide bonds. The fourth-order valence-corrected chi connectivity index (χ4v) is 2.21. The Morgan fingerprint density at radius 1 is 1.44 bits per heavy atom. The summed E-state index contributed by atoms with van der Waals surface area (Å²) >= 11 is 1.74. The normalized spacial score (nSPS) is 11.9. The molecule has 0 unspecified atom stereocenters. The standard InChI is InChI=1S/C12H17N3S/c1-12(2,7-13)8-15-11-9-4-6-16-10(9)3-5-14-11/h3-6H,7-8,13H2,1-2H3,(H,14,15). The van der Waals surface area contributed by atoms with Crippen LogP contribution in [0.2, 0.25) is 0 Å². The molecule has 2 aromatic rings. The van der Waals surface area contributed by atoms with Crippen LogP contribution in [0.25, 0.3) is 10.1 Å². The molecule has 0 saturated heterocycles. The van der Waals surface area contributed by atoms with Gasteiger partial charge in [0.05, 0.1) is 0 Å². The van der Waals surface area contributed by atoms with E-state index in [1.807, 2.05) is 12.3 Å². The first kappa shape index (κ1) is 11.4. The van der Waals surface area contributed by atoms with Crippen LogP contribution in [-0.2, 0) is 0 Å². The third-order valence-electron chi connectivity index (χ3n) is 2.67. The molecule has 0 aliphatic rings. The Bertz CT molecular complexity index is 476. The molecule has 2 rings (SSSR count). The maximum absolute atomic E-state index is 5.70. The van der Waals surface area contributed by atoms with E-state index in [1.54, 1.807) is 11.3 Å². The van der Waals surface area contributed by atoms with Crippen molar-refractivity contribution in [1.82, 2.24) is 4.98 Å². The Labute approximate surface area is 99.7 Å². The Hall–Kier alpha value is -1.13. The van der Waals surface area contributed by atoms with Gasteiger partial charge in [0, 0.05) is 22.8 Å². The predicted octanol–water partition coefficient (Wildman–Crippen LogP) is 2.69. The number of nitrogens with zero attached hydrogens (tertiary/aromatic N) is 1. The van der Waals surface area contributed by atoms with Gasteiger partial charge in [0.2, 0.25) is 0 Å². The summed E-state index contributed by atoms with van der Waals surface area (Å²) < 4.78 is 1.27. The maximum Gasteiger partial charge on any atom is 0.134 e. The average molecular weight is 235 g/mol. The molecule has 16 heavy (non-hydrogen) atoms.